The number of rotatable bonds is 5. The van der Waals surface area contributed by atoms with Gasteiger partial charge >= 0.3 is 0 Å². The number of nitrogens with one attached hydrogen (secondary N) is 1. The van der Waals surface area contributed by atoms with Gasteiger partial charge in [-0.2, -0.15) is 0 Å². The minimum Gasteiger partial charge on any atom is -0.399 e. The second-order valence-corrected chi connectivity index (χ2v) is 5.39. The molecule has 0 aliphatic carbocycles. The number of halogens is 1. The van der Waals surface area contributed by atoms with Crippen LogP contribution in [0.3, 0.4) is 0 Å². The zero-order valence-corrected chi connectivity index (χ0v) is 12.5. The van der Waals surface area contributed by atoms with Crippen molar-refractivity contribution in [1.29, 1.82) is 0 Å². The van der Waals surface area contributed by atoms with Crippen LogP contribution in [0.15, 0.2) is 46.9 Å². The molecule has 104 valence electrons. The lowest BCUT2D eigenvalue weighted by atomic mass is 10.1. The van der Waals surface area contributed by atoms with Crippen LogP contribution in [0.5, 0.6) is 0 Å². The molecule has 2 aromatic carbocycles. The van der Waals surface area contributed by atoms with Crippen molar-refractivity contribution in [3.8, 4) is 0 Å². The Balaban J connectivity index is 2.00. The predicted molar refractivity (Wildman–Crippen MR) is 85.7 cm³/mol. The number of nitrogens with two attached hydrogens (primary N) is 2. The second kappa shape index (κ2) is 6.43. The summed E-state index contributed by atoms with van der Waals surface area (Å²) >= 11 is 3.33. The smallest absolute Gasteiger partial charge is 0.250 e. The number of hydrogen-bond acceptors (Lipinski definition) is 3. The van der Waals surface area contributed by atoms with Crippen LogP contribution in [0.1, 0.15) is 15.9 Å². The first-order valence-electron chi connectivity index (χ1n) is 6.24. The number of hydrogen-bond donors (Lipinski definition) is 3. The lowest BCUT2D eigenvalue weighted by molar-refractivity contribution is 0.100. The molecule has 4 nitrogen and oxygen atoms in total. The molecule has 2 rings (SSSR count). The van der Waals surface area contributed by atoms with Crippen molar-refractivity contribution in [2.45, 2.75) is 6.42 Å². The summed E-state index contributed by atoms with van der Waals surface area (Å²) in [6.07, 6.45) is 0.842. The summed E-state index contributed by atoms with van der Waals surface area (Å²) in [5.41, 5.74) is 14.2. The van der Waals surface area contributed by atoms with Gasteiger partial charge < -0.3 is 16.8 Å². The Hall–Kier alpha value is -2.01. The number of carbonyl (C=O) groups excluding carboxylic acids is 1. The fraction of sp³-hybridized carbons (Fsp3) is 0.133. The minimum atomic E-state index is -0.443. The van der Waals surface area contributed by atoms with E-state index >= 15 is 0 Å². The fourth-order valence-electron chi connectivity index (χ4n) is 1.90. The SMILES string of the molecule is NC(=O)c1cc(Br)ccc1NCCc1ccc(N)cc1. The van der Waals surface area contributed by atoms with Crippen LogP contribution in [0, 0.1) is 0 Å². The van der Waals surface area contributed by atoms with E-state index in [0.717, 1.165) is 22.3 Å². The highest BCUT2D eigenvalue weighted by Gasteiger charge is 2.08. The summed E-state index contributed by atoms with van der Waals surface area (Å²) in [5.74, 6) is -0.443. The highest BCUT2D eigenvalue weighted by atomic mass is 79.9. The van der Waals surface area contributed by atoms with E-state index in [1.807, 2.05) is 36.4 Å². The molecule has 1 amide bonds. The van der Waals surface area contributed by atoms with Gasteiger partial charge in [0.15, 0.2) is 0 Å². The van der Waals surface area contributed by atoms with Crippen molar-refractivity contribution in [3.63, 3.8) is 0 Å². The molecule has 0 heterocycles. The molecule has 0 bridgehead atoms. The maximum Gasteiger partial charge on any atom is 0.250 e. The molecule has 0 saturated carbocycles. The van der Waals surface area contributed by atoms with Crippen LogP contribution in [0.2, 0.25) is 0 Å². The molecule has 20 heavy (non-hydrogen) atoms. The van der Waals surface area contributed by atoms with E-state index in [1.165, 1.54) is 5.56 Å². The zero-order valence-electron chi connectivity index (χ0n) is 10.9. The van der Waals surface area contributed by atoms with Gasteiger partial charge in [0.1, 0.15) is 0 Å². The molecule has 0 spiro atoms. The molecular formula is C15H16BrN3O. The third kappa shape index (κ3) is 3.74. The van der Waals surface area contributed by atoms with Gasteiger partial charge in [-0.05, 0) is 42.3 Å². The first-order valence-corrected chi connectivity index (χ1v) is 7.03. The quantitative estimate of drug-likeness (QED) is 0.736. The zero-order chi connectivity index (χ0) is 14.5. The van der Waals surface area contributed by atoms with Crippen LogP contribution in [0.25, 0.3) is 0 Å². The Bertz CT molecular complexity index is 611. The number of carbonyl (C=O) groups is 1. The van der Waals surface area contributed by atoms with Crippen molar-refractivity contribution in [2.24, 2.45) is 5.73 Å². The van der Waals surface area contributed by atoms with E-state index in [0.29, 0.717) is 12.1 Å². The molecule has 0 aromatic heterocycles. The van der Waals surface area contributed by atoms with E-state index in [9.17, 15) is 4.79 Å². The monoisotopic (exact) mass is 333 g/mol. The van der Waals surface area contributed by atoms with E-state index in [2.05, 4.69) is 21.2 Å². The molecule has 0 fully saturated rings. The summed E-state index contributed by atoms with van der Waals surface area (Å²) in [6.45, 7) is 0.714. The predicted octanol–water partition coefficient (Wildman–Crippen LogP) is 2.78. The number of amides is 1. The Morgan fingerprint density at radius 1 is 1.15 bits per heavy atom. The molecule has 0 radical (unpaired) electrons. The number of primary amides is 1. The van der Waals surface area contributed by atoms with E-state index in [-0.39, 0.29) is 0 Å². The van der Waals surface area contributed by atoms with Crippen molar-refractivity contribution in [3.05, 3.63) is 58.1 Å². The van der Waals surface area contributed by atoms with Crippen LogP contribution >= 0.6 is 15.9 Å². The van der Waals surface area contributed by atoms with Crippen LogP contribution in [-0.2, 0) is 6.42 Å². The molecule has 0 aliphatic rings. The highest BCUT2D eigenvalue weighted by molar-refractivity contribution is 9.10. The highest BCUT2D eigenvalue weighted by Crippen LogP contribution is 2.20. The standard InChI is InChI=1S/C15H16BrN3O/c16-11-3-6-14(13(9-11)15(18)20)19-8-7-10-1-4-12(17)5-2-10/h1-6,9,19H,7-8,17H2,(H2,18,20). The summed E-state index contributed by atoms with van der Waals surface area (Å²) in [7, 11) is 0. The van der Waals surface area contributed by atoms with Gasteiger partial charge in [0.25, 0.3) is 5.91 Å². The Kier molecular flexibility index (Phi) is 4.63. The largest absolute Gasteiger partial charge is 0.399 e. The number of anilines is 2. The average molecular weight is 334 g/mol. The summed E-state index contributed by atoms with van der Waals surface area (Å²) in [4.78, 5) is 11.4. The second-order valence-electron chi connectivity index (χ2n) is 4.47. The molecule has 5 heteroatoms. The Labute approximate surface area is 126 Å². The lowest BCUT2D eigenvalue weighted by Crippen LogP contribution is -2.15. The van der Waals surface area contributed by atoms with Gasteiger partial charge in [0.05, 0.1) is 5.56 Å². The first kappa shape index (κ1) is 14.4. The molecule has 2 aromatic rings. The van der Waals surface area contributed by atoms with Gasteiger partial charge in [-0.3, -0.25) is 4.79 Å². The fourth-order valence-corrected chi connectivity index (χ4v) is 2.26. The molecule has 0 saturated heterocycles. The Morgan fingerprint density at radius 3 is 2.50 bits per heavy atom. The maximum absolute atomic E-state index is 11.4. The number of nitrogen functional groups attached to an aromatic ring is 1. The van der Waals surface area contributed by atoms with Gasteiger partial charge in [-0.1, -0.05) is 28.1 Å². The lowest BCUT2D eigenvalue weighted by Gasteiger charge is -2.10. The third-order valence-electron chi connectivity index (χ3n) is 2.96. The molecule has 0 unspecified atom stereocenters. The summed E-state index contributed by atoms with van der Waals surface area (Å²) < 4.78 is 0.829. The topological polar surface area (TPSA) is 81.1 Å². The van der Waals surface area contributed by atoms with Gasteiger partial charge in [-0.15, -0.1) is 0 Å². The number of benzene rings is 2. The minimum absolute atomic E-state index is 0.443. The van der Waals surface area contributed by atoms with Crippen LogP contribution in [0.4, 0.5) is 11.4 Å². The maximum atomic E-state index is 11.4. The molecule has 0 atom stereocenters. The van der Waals surface area contributed by atoms with Crippen molar-refractivity contribution in [1.82, 2.24) is 0 Å². The van der Waals surface area contributed by atoms with E-state index in [4.69, 9.17) is 11.5 Å². The van der Waals surface area contributed by atoms with Gasteiger partial charge in [-0.25, -0.2) is 0 Å². The van der Waals surface area contributed by atoms with Crippen LogP contribution < -0.4 is 16.8 Å². The van der Waals surface area contributed by atoms with Crippen LogP contribution in [-0.4, -0.2) is 12.5 Å². The summed E-state index contributed by atoms with van der Waals surface area (Å²) in [5, 5.41) is 3.23. The van der Waals surface area contributed by atoms with Crippen molar-refractivity contribution < 1.29 is 4.79 Å². The Morgan fingerprint density at radius 2 is 1.85 bits per heavy atom. The van der Waals surface area contributed by atoms with E-state index in [1.54, 1.807) is 6.07 Å². The molecule has 5 N–H and O–H groups in total. The summed E-state index contributed by atoms with van der Waals surface area (Å²) in [6, 6.07) is 13.2. The van der Waals surface area contributed by atoms with E-state index < -0.39 is 5.91 Å². The van der Waals surface area contributed by atoms with Gasteiger partial charge in [0, 0.05) is 22.4 Å². The molecule has 0 aliphatic heterocycles. The third-order valence-corrected chi connectivity index (χ3v) is 3.45. The first-order chi connectivity index (χ1) is 9.56. The van der Waals surface area contributed by atoms with Gasteiger partial charge in [0.2, 0.25) is 0 Å². The normalized spacial score (nSPS) is 10.2. The average Bonchev–Trinajstić information content (AvgIpc) is 2.42. The van der Waals surface area contributed by atoms with Crippen molar-refractivity contribution >= 4 is 33.2 Å². The molecular weight excluding hydrogens is 318 g/mol. The van der Waals surface area contributed by atoms with Crippen molar-refractivity contribution in [2.75, 3.05) is 17.6 Å².